The van der Waals surface area contributed by atoms with Gasteiger partial charge in [-0.1, -0.05) is 5.16 Å². The van der Waals surface area contributed by atoms with Crippen LogP contribution in [0.3, 0.4) is 0 Å². The van der Waals surface area contributed by atoms with Crippen LogP contribution in [0.15, 0.2) is 16.9 Å². The fourth-order valence-electron chi connectivity index (χ4n) is 3.30. The molecule has 3 heterocycles. The Kier molecular flexibility index (Phi) is 4.62. The van der Waals surface area contributed by atoms with Crippen molar-refractivity contribution in [1.29, 1.82) is 0 Å². The molecule has 0 N–H and O–H groups in total. The van der Waals surface area contributed by atoms with Crippen molar-refractivity contribution in [1.82, 2.24) is 20.0 Å². The lowest BCUT2D eigenvalue weighted by molar-refractivity contribution is 0.0671. The third-order valence-electron chi connectivity index (χ3n) is 4.55. The van der Waals surface area contributed by atoms with Crippen molar-refractivity contribution in [3.8, 4) is 0 Å². The molecule has 2 aromatic heterocycles. The van der Waals surface area contributed by atoms with Gasteiger partial charge in [-0.2, -0.15) is 0 Å². The average Bonchev–Trinajstić information content (AvgIpc) is 3.13. The summed E-state index contributed by atoms with van der Waals surface area (Å²) in [6, 6.07) is 1.93. The van der Waals surface area contributed by atoms with Crippen molar-refractivity contribution >= 4 is 5.91 Å². The molecule has 0 aliphatic carbocycles. The molecule has 2 aromatic rings. The highest BCUT2D eigenvalue weighted by atomic mass is 16.5. The number of aryl methyl sites for hydroxylation is 3. The van der Waals surface area contributed by atoms with Gasteiger partial charge >= 0.3 is 0 Å². The van der Waals surface area contributed by atoms with E-state index in [1.165, 1.54) is 6.33 Å². The Morgan fingerprint density at radius 3 is 2.58 bits per heavy atom. The molecule has 128 valence electrons. The third-order valence-corrected chi connectivity index (χ3v) is 4.55. The highest BCUT2D eigenvalue weighted by molar-refractivity contribution is 5.96. The summed E-state index contributed by atoms with van der Waals surface area (Å²) in [6.07, 6.45) is 2.16. The van der Waals surface area contributed by atoms with Crippen molar-refractivity contribution < 1.29 is 14.1 Å². The second kappa shape index (κ2) is 6.68. The number of carbonyl (C=O) groups excluding carboxylic acids is 1. The third kappa shape index (κ3) is 3.17. The minimum atomic E-state index is -0.0381. The maximum Gasteiger partial charge on any atom is 0.257 e. The van der Waals surface area contributed by atoms with Crippen LogP contribution >= 0.6 is 0 Å². The van der Waals surface area contributed by atoms with Gasteiger partial charge in [-0.05, 0) is 20.8 Å². The first-order valence-electron chi connectivity index (χ1n) is 8.02. The van der Waals surface area contributed by atoms with E-state index in [0.29, 0.717) is 36.5 Å². The zero-order valence-electron chi connectivity index (χ0n) is 14.4. The number of hydrogen-bond acceptors (Lipinski definition) is 6. The van der Waals surface area contributed by atoms with Crippen molar-refractivity contribution in [2.24, 2.45) is 5.92 Å². The van der Waals surface area contributed by atoms with Crippen molar-refractivity contribution in [2.45, 2.75) is 33.3 Å². The molecule has 1 aliphatic heterocycles. The number of hydrogen-bond donors (Lipinski definition) is 0. The number of rotatable bonds is 4. The number of likely N-dealkylation sites (tertiary alicyclic amines) is 1. The highest BCUT2D eigenvalue weighted by Gasteiger charge is 2.37. The molecular weight excluding hydrogens is 308 g/mol. The van der Waals surface area contributed by atoms with E-state index in [4.69, 9.17) is 9.26 Å². The van der Waals surface area contributed by atoms with Crippen LogP contribution in [0.1, 0.15) is 33.2 Å². The molecular formula is C17H22N4O3. The quantitative estimate of drug-likeness (QED) is 0.849. The lowest BCUT2D eigenvalue weighted by Crippen LogP contribution is -2.31. The van der Waals surface area contributed by atoms with Crippen LogP contribution in [0, 0.1) is 26.7 Å². The van der Waals surface area contributed by atoms with Gasteiger partial charge in [0.1, 0.15) is 12.1 Å². The number of ether oxygens (including phenoxy) is 1. The standard InChI is InChI=1S/C17H22N4O3/c1-10-5-14(24-20-10)6-13-7-21(8-15(13)23-4)17(22)16-11(2)18-9-19-12(16)3/h5,9,13,15H,6-8H2,1-4H3/t13-,15+/m1/s1. The zero-order chi connectivity index (χ0) is 17.3. The van der Waals surface area contributed by atoms with Crippen LogP contribution in [-0.4, -0.2) is 52.2 Å². The number of carbonyl (C=O) groups is 1. The SMILES string of the molecule is CO[C@H]1CN(C(=O)c2c(C)ncnc2C)C[C@H]1Cc1cc(C)no1. The highest BCUT2D eigenvalue weighted by Crippen LogP contribution is 2.26. The van der Waals surface area contributed by atoms with E-state index in [2.05, 4.69) is 15.1 Å². The van der Waals surface area contributed by atoms with Crippen LogP contribution in [0.2, 0.25) is 0 Å². The van der Waals surface area contributed by atoms with Gasteiger partial charge in [0.25, 0.3) is 5.91 Å². The van der Waals surface area contributed by atoms with Gasteiger partial charge in [-0.25, -0.2) is 9.97 Å². The molecule has 0 bridgehead atoms. The number of amides is 1. The second-order valence-electron chi connectivity index (χ2n) is 6.30. The number of methoxy groups -OCH3 is 1. The Hall–Kier alpha value is -2.28. The van der Waals surface area contributed by atoms with Crippen molar-refractivity contribution in [2.75, 3.05) is 20.2 Å². The summed E-state index contributed by atoms with van der Waals surface area (Å²) in [4.78, 5) is 23.0. The van der Waals surface area contributed by atoms with Crippen LogP contribution in [0.4, 0.5) is 0 Å². The summed E-state index contributed by atoms with van der Waals surface area (Å²) < 4.78 is 10.9. The first-order valence-corrected chi connectivity index (χ1v) is 8.02. The molecule has 1 amide bonds. The normalized spacial score (nSPS) is 20.6. The molecule has 24 heavy (non-hydrogen) atoms. The monoisotopic (exact) mass is 330 g/mol. The largest absolute Gasteiger partial charge is 0.379 e. The average molecular weight is 330 g/mol. The maximum absolute atomic E-state index is 12.9. The molecule has 1 aliphatic rings. The Bertz CT molecular complexity index is 723. The van der Waals surface area contributed by atoms with Crippen molar-refractivity contribution in [3.05, 3.63) is 40.8 Å². The smallest absolute Gasteiger partial charge is 0.257 e. The van der Waals surface area contributed by atoms with Crippen LogP contribution in [0.25, 0.3) is 0 Å². The summed E-state index contributed by atoms with van der Waals surface area (Å²) in [5.41, 5.74) is 2.85. The minimum Gasteiger partial charge on any atom is -0.379 e. The molecule has 1 fully saturated rings. The van der Waals surface area contributed by atoms with Gasteiger partial charge in [0.05, 0.1) is 28.7 Å². The fraction of sp³-hybridized carbons (Fsp3) is 0.529. The van der Waals surface area contributed by atoms with E-state index in [1.54, 1.807) is 7.11 Å². The predicted octanol–water partition coefficient (Wildman–Crippen LogP) is 1.72. The maximum atomic E-state index is 12.9. The summed E-state index contributed by atoms with van der Waals surface area (Å²) >= 11 is 0. The Morgan fingerprint density at radius 2 is 2.00 bits per heavy atom. The van der Waals surface area contributed by atoms with E-state index in [9.17, 15) is 4.79 Å². The summed E-state index contributed by atoms with van der Waals surface area (Å²) in [5, 5.41) is 3.92. The zero-order valence-corrected chi connectivity index (χ0v) is 14.4. The predicted molar refractivity (Wildman–Crippen MR) is 86.6 cm³/mol. The van der Waals surface area contributed by atoms with E-state index < -0.39 is 0 Å². The van der Waals surface area contributed by atoms with Gasteiger partial charge in [0.15, 0.2) is 0 Å². The van der Waals surface area contributed by atoms with E-state index in [1.807, 2.05) is 31.7 Å². The fourth-order valence-corrected chi connectivity index (χ4v) is 3.30. The molecule has 0 radical (unpaired) electrons. The minimum absolute atomic E-state index is 0.0235. The Morgan fingerprint density at radius 1 is 1.29 bits per heavy atom. The molecule has 0 spiro atoms. The second-order valence-corrected chi connectivity index (χ2v) is 6.30. The number of nitrogens with zero attached hydrogens (tertiary/aromatic N) is 4. The van der Waals surface area contributed by atoms with E-state index in [0.717, 1.165) is 11.5 Å². The van der Waals surface area contributed by atoms with Gasteiger partial charge in [-0.15, -0.1) is 0 Å². The van der Waals surface area contributed by atoms with Gasteiger partial charge in [0, 0.05) is 38.6 Å². The Balaban J connectivity index is 1.77. The summed E-state index contributed by atoms with van der Waals surface area (Å²) in [7, 11) is 1.68. The molecule has 7 nitrogen and oxygen atoms in total. The van der Waals surface area contributed by atoms with Crippen LogP contribution < -0.4 is 0 Å². The number of aromatic nitrogens is 3. The van der Waals surface area contributed by atoms with Gasteiger partial charge in [0.2, 0.25) is 0 Å². The molecule has 1 saturated heterocycles. The molecule has 0 aromatic carbocycles. The molecule has 0 saturated carbocycles. The first kappa shape index (κ1) is 16.6. The van der Waals surface area contributed by atoms with Crippen molar-refractivity contribution in [3.63, 3.8) is 0 Å². The lowest BCUT2D eigenvalue weighted by atomic mass is 10.0. The first-order chi connectivity index (χ1) is 11.5. The molecule has 2 atom stereocenters. The summed E-state index contributed by atoms with van der Waals surface area (Å²) in [5.74, 6) is 0.963. The molecule has 7 heteroatoms. The summed E-state index contributed by atoms with van der Waals surface area (Å²) in [6.45, 7) is 6.74. The van der Waals surface area contributed by atoms with Crippen LogP contribution in [-0.2, 0) is 11.2 Å². The molecule has 3 rings (SSSR count). The van der Waals surface area contributed by atoms with Gasteiger partial charge < -0.3 is 14.2 Å². The van der Waals surface area contributed by atoms with E-state index in [-0.39, 0.29) is 17.9 Å². The Labute approximate surface area is 141 Å². The lowest BCUT2D eigenvalue weighted by Gasteiger charge is -2.18. The topological polar surface area (TPSA) is 81.4 Å². The van der Waals surface area contributed by atoms with Gasteiger partial charge in [-0.3, -0.25) is 4.79 Å². The van der Waals surface area contributed by atoms with E-state index >= 15 is 0 Å². The van der Waals surface area contributed by atoms with Crippen LogP contribution in [0.5, 0.6) is 0 Å². The molecule has 0 unspecified atom stereocenters.